The van der Waals surface area contributed by atoms with Crippen molar-refractivity contribution in [3.63, 3.8) is 0 Å². The Bertz CT molecular complexity index is 400. The first kappa shape index (κ1) is 16.4. The van der Waals surface area contributed by atoms with Gasteiger partial charge in [0.1, 0.15) is 0 Å². The van der Waals surface area contributed by atoms with Gasteiger partial charge in [0.25, 0.3) is 0 Å². The van der Waals surface area contributed by atoms with Gasteiger partial charge in [0.05, 0.1) is 0 Å². The maximum atomic E-state index is 3.64. The second kappa shape index (κ2) is 6.65. The van der Waals surface area contributed by atoms with E-state index in [0.29, 0.717) is 5.41 Å². The Hall–Kier alpha value is -0.690. The third-order valence-electron chi connectivity index (χ3n) is 4.72. The standard InChI is InChI=1S/C17H27N.ClH/c1-13-7-5-9-15(11-13)18-12-16-14(2)8-6-10-17(16,3)4;/h5,7,9,11,14,16,18H,6,8,10,12H2,1-4H3;1H/t14?,16-;/m0./s1. The molecule has 0 amide bonds. The summed E-state index contributed by atoms with van der Waals surface area (Å²) in [5, 5.41) is 3.64. The summed E-state index contributed by atoms with van der Waals surface area (Å²) in [6, 6.07) is 8.69. The minimum atomic E-state index is 0. The fraction of sp³-hybridized carbons (Fsp3) is 0.647. The molecular formula is C17H28ClN. The number of rotatable bonds is 3. The van der Waals surface area contributed by atoms with Gasteiger partial charge in [-0.25, -0.2) is 0 Å². The highest BCUT2D eigenvalue weighted by Gasteiger charge is 2.36. The van der Waals surface area contributed by atoms with E-state index >= 15 is 0 Å². The zero-order chi connectivity index (χ0) is 13.2. The summed E-state index contributed by atoms with van der Waals surface area (Å²) in [5.74, 6) is 1.62. The van der Waals surface area contributed by atoms with Crippen molar-refractivity contribution < 1.29 is 0 Å². The van der Waals surface area contributed by atoms with E-state index in [1.165, 1.54) is 30.5 Å². The number of nitrogens with one attached hydrogen (secondary N) is 1. The van der Waals surface area contributed by atoms with Crippen LogP contribution in [0.2, 0.25) is 0 Å². The summed E-state index contributed by atoms with van der Waals surface area (Å²) in [6.45, 7) is 10.6. The fourth-order valence-electron chi connectivity index (χ4n) is 3.50. The molecule has 2 rings (SSSR count). The molecule has 1 saturated carbocycles. The first-order valence-electron chi connectivity index (χ1n) is 7.29. The topological polar surface area (TPSA) is 12.0 Å². The van der Waals surface area contributed by atoms with Crippen LogP contribution in [0.5, 0.6) is 0 Å². The predicted octanol–water partition coefficient (Wildman–Crippen LogP) is 5.29. The minimum absolute atomic E-state index is 0. The molecule has 1 aliphatic rings. The highest BCUT2D eigenvalue weighted by Crippen LogP contribution is 2.43. The Balaban J connectivity index is 0.00000180. The van der Waals surface area contributed by atoms with Crippen molar-refractivity contribution in [3.8, 4) is 0 Å². The number of aryl methyl sites for hydroxylation is 1. The summed E-state index contributed by atoms with van der Waals surface area (Å²) in [4.78, 5) is 0. The van der Waals surface area contributed by atoms with Crippen LogP contribution in [0, 0.1) is 24.2 Å². The van der Waals surface area contributed by atoms with Crippen molar-refractivity contribution in [2.45, 2.75) is 47.0 Å². The van der Waals surface area contributed by atoms with E-state index in [9.17, 15) is 0 Å². The average Bonchev–Trinajstić information content (AvgIpc) is 2.27. The van der Waals surface area contributed by atoms with Crippen molar-refractivity contribution in [1.82, 2.24) is 0 Å². The van der Waals surface area contributed by atoms with Gasteiger partial charge in [0, 0.05) is 12.2 Å². The molecule has 2 atom stereocenters. The predicted molar refractivity (Wildman–Crippen MR) is 87.2 cm³/mol. The molecule has 0 aliphatic heterocycles. The normalized spacial score (nSPS) is 25.5. The van der Waals surface area contributed by atoms with Gasteiger partial charge >= 0.3 is 0 Å². The number of hydrogen-bond donors (Lipinski definition) is 1. The van der Waals surface area contributed by atoms with Crippen LogP contribution >= 0.6 is 12.4 Å². The van der Waals surface area contributed by atoms with Crippen LogP contribution < -0.4 is 5.32 Å². The summed E-state index contributed by atoms with van der Waals surface area (Å²) < 4.78 is 0. The highest BCUT2D eigenvalue weighted by molar-refractivity contribution is 5.85. The molecular weight excluding hydrogens is 254 g/mol. The number of halogens is 1. The van der Waals surface area contributed by atoms with Gasteiger partial charge in [-0.2, -0.15) is 0 Å². The Kier molecular flexibility index (Phi) is 5.73. The second-order valence-corrected chi connectivity index (χ2v) is 6.71. The number of benzene rings is 1. The molecule has 0 saturated heterocycles. The lowest BCUT2D eigenvalue weighted by Gasteiger charge is -2.43. The van der Waals surface area contributed by atoms with E-state index in [0.717, 1.165) is 18.4 Å². The van der Waals surface area contributed by atoms with Crippen molar-refractivity contribution in [1.29, 1.82) is 0 Å². The molecule has 1 nitrogen and oxygen atoms in total. The van der Waals surface area contributed by atoms with Gasteiger partial charge in [-0.05, 0) is 48.3 Å². The van der Waals surface area contributed by atoms with Gasteiger partial charge < -0.3 is 5.32 Å². The largest absolute Gasteiger partial charge is 0.385 e. The van der Waals surface area contributed by atoms with Gasteiger partial charge in [0.15, 0.2) is 0 Å². The van der Waals surface area contributed by atoms with Crippen LogP contribution in [0.15, 0.2) is 24.3 Å². The van der Waals surface area contributed by atoms with Crippen molar-refractivity contribution >= 4 is 18.1 Å². The first-order valence-corrected chi connectivity index (χ1v) is 7.29. The van der Waals surface area contributed by atoms with E-state index in [2.05, 4.69) is 57.3 Å². The third kappa shape index (κ3) is 4.14. The SMILES string of the molecule is Cc1cccc(NC[C@H]2C(C)CCCC2(C)C)c1.Cl. The fourth-order valence-corrected chi connectivity index (χ4v) is 3.50. The molecule has 1 aromatic rings. The monoisotopic (exact) mass is 281 g/mol. The molecule has 0 spiro atoms. The summed E-state index contributed by atoms with van der Waals surface area (Å²) >= 11 is 0. The Labute approximate surface area is 124 Å². The molecule has 0 aromatic heterocycles. The molecule has 0 radical (unpaired) electrons. The molecule has 1 aromatic carbocycles. The lowest BCUT2D eigenvalue weighted by Crippen LogP contribution is -2.38. The molecule has 1 aliphatic carbocycles. The average molecular weight is 282 g/mol. The van der Waals surface area contributed by atoms with Crippen LogP contribution in [0.1, 0.15) is 45.6 Å². The minimum Gasteiger partial charge on any atom is -0.385 e. The van der Waals surface area contributed by atoms with E-state index in [1.807, 2.05) is 0 Å². The Morgan fingerprint density at radius 2 is 2.05 bits per heavy atom. The first-order chi connectivity index (χ1) is 8.49. The molecule has 1 fully saturated rings. The number of anilines is 1. The van der Waals surface area contributed by atoms with Crippen molar-refractivity contribution in [2.75, 3.05) is 11.9 Å². The number of hydrogen-bond acceptors (Lipinski definition) is 1. The van der Waals surface area contributed by atoms with Crippen LogP contribution in [0.4, 0.5) is 5.69 Å². The van der Waals surface area contributed by atoms with Crippen LogP contribution in [-0.4, -0.2) is 6.54 Å². The lowest BCUT2D eigenvalue weighted by molar-refractivity contribution is 0.0944. The summed E-state index contributed by atoms with van der Waals surface area (Å²) in [7, 11) is 0. The molecule has 0 bridgehead atoms. The molecule has 1 unspecified atom stereocenters. The molecule has 19 heavy (non-hydrogen) atoms. The highest BCUT2D eigenvalue weighted by atomic mass is 35.5. The lowest BCUT2D eigenvalue weighted by atomic mass is 9.64. The third-order valence-corrected chi connectivity index (χ3v) is 4.72. The van der Waals surface area contributed by atoms with Gasteiger partial charge in [-0.3, -0.25) is 0 Å². The zero-order valence-corrected chi connectivity index (χ0v) is 13.5. The maximum Gasteiger partial charge on any atom is 0.0342 e. The zero-order valence-electron chi connectivity index (χ0n) is 12.7. The molecule has 2 heteroatoms. The summed E-state index contributed by atoms with van der Waals surface area (Å²) in [6.07, 6.45) is 4.16. The maximum absolute atomic E-state index is 3.64. The van der Waals surface area contributed by atoms with E-state index < -0.39 is 0 Å². The second-order valence-electron chi connectivity index (χ2n) is 6.71. The quantitative estimate of drug-likeness (QED) is 0.794. The molecule has 0 heterocycles. The smallest absolute Gasteiger partial charge is 0.0342 e. The van der Waals surface area contributed by atoms with Crippen molar-refractivity contribution in [2.24, 2.45) is 17.3 Å². The van der Waals surface area contributed by atoms with Gasteiger partial charge in [-0.1, -0.05) is 45.7 Å². The van der Waals surface area contributed by atoms with E-state index in [1.54, 1.807) is 0 Å². The van der Waals surface area contributed by atoms with Crippen LogP contribution in [0.3, 0.4) is 0 Å². The summed E-state index contributed by atoms with van der Waals surface area (Å²) in [5.41, 5.74) is 3.08. The molecule has 1 N–H and O–H groups in total. The van der Waals surface area contributed by atoms with Crippen molar-refractivity contribution in [3.05, 3.63) is 29.8 Å². The van der Waals surface area contributed by atoms with E-state index in [4.69, 9.17) is 0 Å². The molecule has 108 valence electrons. The van der Waals surface area contributed by atoms with Crippen LogP contribution in [0.25, 0.3) is 0 Å². The van der Waals surface area contributed by atoms with Gasteiger partial charge in [-0.15, -0.1) is 12.4 Å². The Morgan fingerprint density at radius 3 is 2.68 bits per heavy atom. The van der Waals surface area contributed by atoms with Crippen LogP contribution in [-0.2, 0) is 0 Å². The van der Waals surface area contributed by atoms with E-state index in [-0.39, 0.29) is 12.4 Å². The Morgan fingerprint density at radius 1 is 1.32 bits per heavy atom. The van der Waals surface area contributed by atoms with Gasteiger partial charge in [0.2, 0.25) is 0 Å².